The van der Waals surface area contributed by atoms with Gasteiger partial charge in [-0.2, -0.15) is 0 Å². The van der Waals surface area contributed by atoms with E-state index in [9.17, 15) is 4.79 Å². The highest BCUT2D eigenvalue weighted by molar-refractivity contribution is 7.17. The number of carbonyl (C=O) groups excluding carboxylic acids is 1. The number of Topliss-reactive ketones (excluding diaryl/α,β-unsaturated/α-hetero) is 1. The first-order chi connectivity index (χ1) is 8.16. The fourth-order valence-corrected chi connectivity index (χ4v) is 3.14. The number of carbonyl (C=O) groups is 1. The quantitative estimate of drug-likeness (QED) is 0.844. The molecule has 90 valence electrons. The molecule has 0 aliphatic rings. The van der Waals surface area contributed by atoms with Crippen LogP contribution < -0.4 is 5.32 Å². The van der Waals surface area contributed by atoms with E-state index in [4.69, 9.17) is 0 Å². The molecule has 0 amide bonds. The number of aromatic nitrogens is 1. The van der Waals surface area contributed by atoms with Gasteiger partial charge in [0, 0.05) is 18.3 Å². The van der Waals surface area contributed by atoms with Gasteiger partial charge in [-0.05, 0) is 24.8 Å². The van der Waals surface area contributed by atoms with Gasteiger partial charge in [0.1, 0.15) is 0 Å². The van der Waals surface area contributed by atoms with Crippen LogP contribution in [0.25, 0.3) is 0 Å². The maximum atomic E-state index is 11.3. The summed E-state index contributed by atoms with van der Waals surface area (Å²) in [6, 6.07) is 4.18. The minimum absolute atomic E-state index is 0.0892. The summed E-state index contributed by atoms with van der Waals surface area (Å²) in [5, 5.41) is 6.18. The number of hydrogen-bond acceptors (Lipinski definition) is 5. The third kappa shape index (κ3) is 3.14. The first-order valence-corrected chi connectivity index (χ1v) is 7.11. The molecular weight excluding hydrogens is 252 g/mol. The summed E-state index contributed by atoms with van der Waals surface area (Å²) in [5.74, 6) is 0.0892. The minimum atomic E-state index is 0.0892. The molecule has 1 N–H and O–H groups in total. The van der Waals surface area contributed by atoms with E-state index < -0.39 is 0 Å². The Balaban J connectivity index is 1.91. The zero-order valence-corrected chi connectivity index (χ0v) is 11.5. The molecule has 0 fully saturated rings. The Bertz CT molecular complexity index is 503. The van der Waals surface area contributed by atoms with Crippen molar-refractivity contribution < 1.29 is 4.79 Å². The molecule has 5 heteroatoms. The minimum Gasteiger partial charge on any atom is -0.361 e. The maximum Gasteiger partial charge on any atom is 0.183 e. The van der Waals surface area contributed by atoms with Gasteiger partial charge in [-0.3, -0.25) is 4.79 Å². The van der Waals surface area contributed by atoms with Crippen LogP contribution >= 0.6 is 22.7 Å². The maximum absolute atomic E-state index is 11.3. The number of ketones is 1. The largest absolute Gasteiger partial charge is 0.361 e. The molecular formula is C12H14N2OS2. The van der Waals surface area contributed by atoms with Crippen LogP contribution in [-0.2, 0) is 6.42 Å². The molecule has 0 spiro atoms. The number of thiazole rings is 1. The molecule has 0 atom stereocenters. The van der Waals surface area contributed by atoms with Crippen LogP contribution in [0.3, 0.4) is 0 Å². The summed E-state index contributed by atoms with van der Waals surface area (Å²) < 4.78 is 0. The number of aryl methyl sites for hydroxylation is 1. The summed E-state index contributed by atoms with van der Waals surface area (Å²) in [7, 11) is 0. The van der Waals surface area contributed by atoms with E-state index in [1.54, 1.807) is 18.3 Å². The molecule has 2 aromatic heterocycles. The van der Waals surface area contributed by atoms with Crippen molar-refractivity contribution in [2.45, 2.75) is 20.3 Å². The summed E-state index contributed by atoms with van der Waals surface area (Å²) >= 11 is 3.20. The van der Waals surface area contributed by atoms with Gasteiger partial charge in [-0.15, -0.1) is 11.3 Å². The van der Waals surface area contributed by atoms with Crippen molar-refractivity contribution in [1.29, 1.82) is 0 Å². The molecule has 0 bridgehead atoms. The summed E-state index contributed by atoms with van der Waals surface area (Å²) in [5.41, 5.74) is 0.820. The van der Waals surface area contributed by atoms with E-state index in [0.717, 1.165) is 28.7 Å². The third-order valence-electron chi connectivity index (χ3n) is 2.34. The van der Waals surface area contributed by atoms with Crippen LogP contribution in [0.2, 0.25) is 0 Å². The Morgan fingerprint density at radius 1 is 1.53 bits per heavy atom. The molecule has 0 saturated heterocycles. The summed E-state index contributed by atoms with van der Waals surface area (Å²) in [4.78, 5) is 17.7. The number of anilines is 1. The molecule has 0 unspecified atom stereocenters. The highest BCUT2D eigenvalue weighted by Crippen LogP contribution is 2.22. The van der Waals surface area contributed by atoms with E-state index >= 15 is 0 Å². The number of nitrogens with zero attached hydrogens (tertiary/aromatic N) is 1. The molecule has 0 aliphatic heterocycles. The highest BCUT2D eigenvalue weighted by Gasteiger charge is 2.10. The van der Waals surface area contributed by atoms with Gasteiger partial charge in [0.05, 0.1) is 10.6 Å². The fourth-order valence-electron chi connectivity index (χ4n) is 1.55. The zero-order chi connectivity index (χ0) is 12.3. The molecule has 3 nitrogen and oxygen atoms in total. The second kappa shape index (κ2) is 5.42. The van der Waals surface area contributed by atoms with Crippen LogP contribution in [0, 0.1) is 6.92 Å². The fraction of sp³-hybridized carbons (Fsp3) is 0.333. The van der Waals surface area contributed by atoms with Crippen LogP contribution in [0.5, 0.6) is 0 Å². The van der Waals surface area contributed by atoms with Crippen molar-refractivity contribution in [3.8, 4) is 0 Å². The molecule has 17 heavy (non-hydrogen) atoms. The van der Waals surface area contributed by atoms with Gasteiger partial charge in [0.25, 0.3) is 0 Å². The Hall–Kier alpha value is -1.20. The average Bonchev–Trinajstić information content (AvgIpc) is 2.88. The van der Waals surface area contributed by atoms with E-state index in [1.165, 1.54) is 16.2 Å². The molecule has 2 aromatic rings. The number of hydrogen-bond donors (Lipinski definition) is 1. The van der Waals surface area contributed by atoms with Gasteiger partial charge >= 0.3 is 0 Å². The molecule has 2 heterocycles. The Morgan fingerprint density at radius 2 is 2.35 bits per heavy atom. The van der Waals surface area contributed by atoms with Crippen molar-refractivity contribution >= 4 is 33.6 Å². The third-order valence-corrected chi connectivity index (χ3v) is 4.50. The van der Waals surface area contributed by atoms with Crippen molar-refractivity contribution in [3.63, 3.8) is 0 Å². The molecule has 2 rings (SSSR count). The van der Waals surface area contributed by atoms with E-state index in [2.05, 4.69) is 27.8 Å². The van der Waals surface area contributed by atoms with E-state index in [-0.39, 0.29) is 5.78 Å². The van der Waals surface area contributed by atoms with E-state index in [0.29, 0.717) is 0 Å². The lowest BCUT2D eigenvalue weighted by atomic mass is 10.3. The second-order valence-corrected chi connectivity index (χ2v) is 5.78. The van der Waals surface area contributed by atoms with Crippen molar-refractivity contribution in [2.24, 2.45) is 0 Å². The summed E-state index contributed by atoms with van der Waals surface area (Å²) in [6.07, 6.45) is 0.992. The number of rotatable bonds is 5. The topological polar surface area (TPSA) is 42.0 Å². The Morgan fingerprint density at radius 3 is 2.94 bits per heavy atom. The van der Waals surface area contributed by atoms with Crippen LogP contribution in [0.15, 0.2) is 17.5 Å². The van der Waals surface area contributed by atoms with Gasteiger partial charge < -0.3 is 5.32 Å². The molecule has 0 aromatic carbocycles. The normalized spacial score (nSPS) is 10.5. The SMILES string of the molecule is CC(=O)c1sc(NCCc2cccs2)nc1C. The monoisotopic (exact) mass is 266 g/mol. The van der Waals surface area contributed by atoms with Crippen molar-refractivity contribution in [2.75, 3.05) is 11.9 Å². The highest BCUT2D eigenvalue weighted by atomic mass is 32.1. The van der Waals surface area contributed by atoms with E-state index in [1.807, 2.05) is 6.92 Å². The number of nitrogens with one attached hydrogen (secondary N) is 1. The first kappa shape index (κ1) is 12.3. The molecule has 0 aliphatic carbocycles. The van der Waals surface area contributed by atoms with Crippen LogP contribution in [0.1, 0.15) is 27.2 Å². The van der Waals surface area contributed by atoms with Gasteiger partial charge in [-0.25, -0.2) is 4.98 Å². The zero-order valence-electron chi connectivity index (χ0n) is 9.82. The lowest BCUT2D eigenvalue weighted by Gasteiger charge is -1.99. The molecule has 0 saturated carbocycles. The van der Waals surface area contributed by atoms with Gasteiger partial charge in [0.15, 0.2) is 10.9 Å². The smallest absolute Gasteiger partial charge is 0.183 e. The lowest BCUT2D eigenvalue weighted by Crippen LogP contribution is -2.03. The lowest BCUT2D eigenvalue weighted by molar-refractivity contribution is 0.102. The van der Waals surface area contributed by atoms with Crippen LogP contribution in [0.4, 0.5) is 5.13 Å². The standard InChI is InChI=1S/C12H14N2OS2/c1-8-11(9(2)15)17-12(14-8)13-6-5-10-4-3-7-16-10/h3-4,7H,5-6H2,1-2H3,(H,13,14). The van der Waals surface area contributed by atoms with Crippen molar-refractivity contribution in [3.05, 3.63) is 33.0 Å². The van der Waals surface area contributed by atoms with Crippen molar-refractivity contribution in [1.82, 2.24) is 4.98 Å². The average molecular weight is 266 g/mol. The Labute approximate surface area is 109 Å². The Kier molecular flexibility index (Phi) is 3.91. The number of thiophene rings is 1. The second-order valence-electron chi connectivity index (χ2n) is 3.75. The first-order valence-electron chi connectivity index (χ1n) is 5.41. The molecule has 0 radical (unpaired) electrons. The van der Waals surface area contributed by atoms with Gasteiger partial charge in [-0.1, -0.05) is 17.4 Å². The predicted molar refractivity (Wildman–Crippen MR) is 73.4 cm³/mol. The van der Waals surface area contributed by atoms with Gasteiger partial charge in [0.2, 0.25) is 0 Å². The van der Waals surface area contributed by atoms with Crippen LogP contribution in [-0.4, -0.2) is 17.3 Å². The predicted octanol–water partition coefficient (Wildman–Crippen LogP) is 3.37. The summed E-state index contributed by atoms with van der Waals surface area (Å²) in [6.45, 7) is 4.30.